The van der Waals surface area contributed by atoms with Crippen LogP contribution >= 0.6 is 15.9 Å². The van der Waals surface area contributed by atoms with Crippen molar-refractivity contribution < 1.29 is 9.53 Å². The molecule has 0 aliphatic carbocycles. The van der Waals surface area contributed by atoms with Crippen molar-refractivity contribution in [1.82, 2.24) is 14.2 Å². The second kappa shape index (κ2) is 8.70. The second-order valence-electron chi connectivity index (χ2n) is 7.50. The first-order valence-electron chi connectivity index (χ1n) is 10.3. The summed E-state index contributed by atoms with van der Waals surface area (Å²) in [7, 11) is 0. The quantitative estimate of drug-likeness (QED) is 0.296. The second-order valence-corrected chi connectivity index (χ2v) is 8.41. The van der Waals surface area contributed by atoms with Gasteiger partial charge in [-0.1, -0.05) is 34.1 Å². The van der Waals surface area contributed by atoms with Gasteiger partial charge in [0.15, 0.2) is 0 Å². The van der Waals surface area contributed by atoms with Gasteiger partial charge >= 0.3 is 5.97 Å². The van der Waals surface area contributed by atoms with E-state index in [-0.39, 0.29) is 11.5 Å². The number of fused-ring (bicyclic) bond motifs is 2. The molecule has 0 saturated carbocycles. The predicted octanol–water partition coefficient (Wildman–Crippen LogP) is 4.74. The number of hydrogen-bond acceptors (Lipinski definition) is 5. The minimum atomic E-state index is -0.494. The molecule has 0 saturated heterocycles. The Kier molecular flexibility index (Phi) is 5.97. The monoisotopic (exact) mass is 494 g/mol. The lowest BCUT2D eigenvalue weighted by Gasteiger charge is -2.16. The number of para-hydroxylation sites is 1. The van der Waals surface area contributed by atoms with Crippen LogP contribution in [0.5, 0.6) is 0 Å². The van der Waals surface area contributed by atoms with Gasteiger partial charge in [-0.2, -0.15) is 9.78 Å². The molecule has 2 aromatic heterocycles. The third kappa shape index (κ3) is 3.75. The van der Waals surface area contributed by atoms with Crippen molar-refractivity contribution >= 4 is 49.9 Å². The number of halogens is 1. The fraction of sp³-hybridized carbons (Fsp3) is 0.250. The minimum absolute atomic E-state index is 0.244. The van der Waals surface area contributed by atoms with Gasteiger partial charge in [0, 0.05) is 26.6 Å². The molecule has 2 heterocycles. The van der Waals surface area contributed by atoms with E-state index in [1.54, 1.807) is 32.2 Å². The molecular formula is C24H23BrN4O3. The SMILES string of the molecule is CCOC(=O)[C@@H](C)n1c(C)c(C=Nn2c(C)nc3ccc(Br)cc3c2=O)c2ccccc21. The van der Waals surface area contributed by atoms with Crippen molar-refractivity contribution in [1.29, 1.82) is 0 Å². The Morgan fingerprint density at radius 3 is 2.72 bits per heavy atom. The van der Waals surface area contributed by atoms with E-state index in [1.807, 2.05) is 48.7 Å². The van der Waals surface area contributed by atoms with Crippen LogP contribution < -0.4 is 5.56 Å². The molecule has 0 N–H and O–H groups in total. The Morgan fingerprint density at radius 1 is 1.22 bits per heavy atom. The molecule has 8 heteroatoms. The van der Waals surface area contributed by atoms with Crippen molar-refractivity contribution in [2.24, 2.45) is 5.10 Å². The average molecular weight is 495 g/mol. The van der Waals surface area contributed by atoms with Crippen LogP contribution in [0.4, 0.5) is 0 Å². The highest BCUT2D eigenvalue weighted by molar-refractivity contribution is 9.10. The topological polar surface area (TPSA) is 78.5 Å². The zero-order chi connectivity index (χ0) is 23.0. The van der Waals surface area contributed by atoms with E-state index in [1.165, 1.54) is 4.68 Å². The fourth-order valence-electron chi connectivity index (χ4n) is 3.96. The van der Waals surface area contributed by atoms with Crippen molar-refractivity contribution in [3.63, 3.8) is 0 Å². The lowest BCUT2D eigenvalue weighted by Crippen LogP contribution is -2.21. The highest BCUT2D eigenvalue weighted by Crippen LogP contribution is 2.28. The number of hydrogen-bond donors (Lipinski definition) is 0. The summed E-state index contributed by atoms with van der Waals surface area (Å²) in [5.41, 5.74) is 2.97. The normalized spacial score (nSPS) is 12.7. The number of aromatic nitrogens is 3. The van der Waals surface area contributed by atoms with E-state index in [2.05, 4.69) is 26.0 Å². The number of ether oxygens (including phenoxy) is 1. The Bertz CT molecular complexity index is 1430. The Balaban J connectivity index is 1.86. The molecule has 0 aliphatic heterocycles. The van der Waals surface area contributed by atoms with Crippen LogP contribution in [0.1, 0.15) is 37.0 Å². The Labute approximate surface area is 193 Å². The first-order valence-corrected chi connectivity index (χ1v) is 11.1. The molecule has 0 bridgehead atoms. The molecule has 0 aliphatic rings. The molecule has 4 aromatic rings. The van der Waals surface area contributed by atoms with Crippen LogP contribution in [0.25, 0.3) is 21.8 Å². The number of carbonyl (C=O) groups is 1. The summed E-state index contributed by atoms with van der Waals surface area (Å²) < 4.78 is 9.28. The van der Waals surface area contributed by atoms with Gasteiger partial charge in [0.2, 0.25) is 0 Å². The predicted molar refractivity (Wildman–Crippen MR) is 129 cm³/mol. The molecular weight excluding hydrogens is 472 g/mol. The summed E-state index contributed by atoms with van der Waals surface area (Å²) >= 11 is 3.41. The van der Waals surface area contributed by atoms with Gasteiger partial charge < -0.3 is 9.30 Å². The summed E-state index contributed by atoms with van der Waals surface area (Å²) in [5, 5.41) is 5.91. The Hall–Kier alpha value is -3.26. The third-order valence-corrected chi connectivity index (χ3v) is 5.99. The zero-order valence-electron chi connectivity index (χ0n) is 18.3. The third-order valence-electron chi connectivity index (χ3n) is 5.49. The van der Waals surface area contributed by atoms with Crippen LogP contribution in [-0.4, -0.2) is 33.0 Å². The first kappa shape index (κ1) is 22.0. The van der Waals surface area contributed by atoms with Crippen LogP contribution in [0, 0.1) is 13.8 Å². The van der Waals surface area contributed by atoms with Crippen molar-refractivity contribution in [2.45, 2.75) is 33.7 Å². The van der Waals surface area contributed by atoms with Crippen LogP contribution in [0.3, 0.4) is 0 Å². The van der Waals surface area contributed by atoms with Crippen molar-refractivity contribution in [3.05, 3.63) is 74.4 Å². The lowest BCUT2D eigenvalue weighted by molar-refractivity contribution is -0.146. The highest BCUT2D eigenvalue weighted by atomic mass is 79.9. The molecule has 0 fully saturated rings. The zero-order valence-corrected chi connectivity index (χ0v) is 19.9. The summed E-state index contributed by atoms with van der Waals surface area (Å²) in [6, 6.07) is 12.7. The van der Waals surface area contributed by atoms with Gasteiger partial charge in [0.05, 0.1) is 23.7 Å². The number of aryl methyl sites for hydroxylation is 1. The number of nitrogens with zero attached hydrogens (tertiary/aromatic N) is 4. The van der Waals surface area contributed by atoms with Crippen LogP contribution in [-0.2, 0) is 9.53 Å². The van der Waals surface area contributed by atoms with E-state index in [9.17, 15) is 9.59 Å². The maximum Gasteiger partial charge on any atom is 0.328 e. The number of rotatable bonds is 5. The molecule has 0 unspecified atom stereocenters. The molecule has 7 nitrogen and oxygen atoms in total. The molecule has 2 aromatic carbocycles. The summed E-state index contributed by atoms with van der Waals surface area (Å²) in [5.74, 6) is 0.193. The van der Waals surface area contributed by atoms with Gasteiger partial charge in [-0.25, -0.2) is 9.78 Å². The fourth-order valence-corrected chi connectivity index (χ4v) is 4.32. The van der Waals surface area contributed by atoms with Crippen LogP contribution in [0.2, 0.25) is 0 Å². The molecule has 0 spiro atoms. The summed E-state index contributed by atoms with van der Waals surface area (Å²) in [6.45, 7) is 7.61. The van der Waals surface area contributed by atoms with Gasteiger partial charge in [-0.05, 0) is 52.0 Å². The van der Waals surface area contributed by atoms with E-state index < -0.39 is 6.04 Å². The van der Waals surface area contributed by atoms with Crippen molar-refractivity contribution in [3.8, 4) is 0 Å². The van der Waals surface area contributed by atoms with Gasteiger partial charge in [0.25, 0.3) is 5.56 Å². The average Bonchev–Trinajstić information content (AvgIpc) is 3.05. The van der Waals surface area contributed by atoms with Gasteiger partial charge in [-0.15, -0.1) is 0 Å². The molecule has 1 atom stereocenters. The standard InChI is InChI=1S/C24H23BrN4O3/c1-5-32-24(31)15(3)28-14(2)20(18-8-6-7-9-22(18)28)13-26-29-16(4)27-21-11-10-17(25)12-19(21)23(29)30/h6-13,15H,5H2,1-4H3/t15-/m1/s1. The van der Waals surface area contributed by atoms with Gasteiger partial charge in [-0.3, -0.25) is 4.79 Å². The summed E-state index contributed by atoms with van der Waals surface area (Å²) in [6.07, 6.45) is 1.66. The molecule has 0 amide bonds. The smallest absolute Gasteiger partial charge is 0.328 e. The van der Waals surface area contributed by atoms with Crippen molar-refractivity contribution in [2.75, 3.05) is 6.61 Å². The molecule has 164 valence electrons. The van der Waals surface area contributed by atoms with Crippen LogP contribution in [0.15, 0.2) is 56.8 Å². The largest absolute Gasteiger partial charge is 0.464 e. The maximum atomic E-state index is 13.1. The molecule has 32 heavy (non-hydrogen) atoms. The highest BCUT2D eigenvalue weighted by Gasteiger charge is 2.22. The molecule has 0 radical (unpaired) electrons. The lowest BCUT2D eigenvalue weighted by atomic mass is 10.1. The van der Waals surface area contributed by atoms with E-state index in [0.29, 0.717) is 23.3 Å². The maximum absolute atomic E-state index is 13.1. The summed E-state index contributed by atoms with van der Waals surface area (Å²) in [4.78, 5) is 30.0. The first-order chi connectivity index (χ1) is 15.3. The van der Waals surface area contributed by atoms with E-state index in [4.69, 9.17) is 4.74 Å². The minimum Gasteiger partial charge on any atom is -0.464 e. The molecule has 4 rings (SSSR count). The number of carbonyl (C=O) groups excluding carboxylic acids is 1. The Morgan fingerprint density at radius 2 is 1.97 bits per heavy atom. The van der Waals surface area contributed by atoms with E-state index in [0.717, 1.165) is 26.6 Å². The van der Waals surface area contributed by atoms with Gasteiger partial charge in [0.1, 0.15) is 11.9 Å². The number of esters is 1. The van der Waals surface area contributed by atoms with E-state index >= 15 is 0 Å². The number of benzene rings is 2.